The number of thioether (sulfide) groups is 1. The number of esters is 1. The molecule has 0 bridgehead atoms. The number of aliphatic imine (C=N–C) groups is 1. The standard InChI is InChI=1S/C11H21N5O3S/c1-4-6(2)8(9(18)19-3)15-7(17)5-20-11(14)16-10(12)13/h6,8H,4-5H2,1-3H3,(H,15,17)(H5,12,13,14,16). The first-order chi connectivity index (χ1) is 9.31. The number of nitrogens with one attached hydrogen (secondary N) is 2. The summed E-state index contributed by atoms with van der Waals surface area (Å²) in [5.74, 6) is -1.22. The second kappa shape index (κ2) is 9.18. The van der Waals surface area contributed by atoms with Gasteiger partial charge in [0.25, 0.3) is 0 Å². The highest BCUT2D eigenvalue weighted by molar-refractivity contribution is 8.14. The first-order valence-corrected chi connectivity index (χ1v) is 6.98. The summed E-state index contributed by atoms with van der Waals surface area (Å²) in [6.45, 7) is 3.76. The molecule has 0 aliphatic carbocycles. The Hall–Kier alpha value is -1.77. The summed E-state index contributed by atoms with van der Waals surface area (Å²) in [4.78, 5) is 26.8. The van der Waals surface area contributed by atoms with Crippen molar-refractivity contribution in [3.8, 4) is 0 Å². The van der Waals surface area contributed by atoms with Crippen molar-refractivity contribution >= 4 is 34.8 Å². The molecule has 0 fully saturated rings. The van der Waals surface area contributed by atoms with Crippen LogP contribution in [0.2, 0.25) is 0 Å². The zero-order valence-corrected chi connectivity index (χ0v) is 12.6. The normalized spacial score (nSPS) is 12.9. The number of guanidine groups is 1. The number of rotatable bonds is 6. The van der Waals surface area contributed by atoms with Crippen LogP contribution in [0.3, 0.4) is 0 Å². The summed E-state index contributed by atoms with van der Waals surface area (Å²) in [6, 6.07) is -0.699. The number of amidine groups is 1. The van der Waals surface area contributed by atoms with Crippen molar-refractivity contribution in [3.05, 3.63) is 0 Å². The molecule has 1 amide bonds. The van der Waals surface area contributed by atoms with Gasteiger partial charge in [0.2, 0.25) is 5.91 Å². The Morgan fingerprint density at radius 1 is 1.45 bits per heavy atom. The van der Waals surface area contributed by atoms with Crippen LogP contribution in [0.5, 0.6) is 0 Å². The Kier molecular flexibility index (Phi) is 8.37. The topological polar surface area (TPSA) is 144 Å². The molecule has 8 nitrogen and oxygen atoms in total. The first-order valence-electron chi connectivity index (χ1n) is 5.99. The molecule has 20 heavy (non-hydrogen) atoms. The Balaban J connectivity index is 4.44. The van der Waals surface area contributed by atoms with Gasteiger partial charge >= 0.3 is 5.97 Å². The van der Waals surface area contributed by atoms with Gasteiger partial charge in [0.15, 0.2) is 11.1 Å². The lowest BCUT2D eigenvalue weighted by Crippen LogP contribution is -2.46. The van der Waals surface area contributed by atoms with Gasteiger partial charge in [0.05, 0.1) is 12.9 Å². The summed E-state index contributed by atoms with van der Waals surface area (Å²) in [5, 5.41) is 9.80. The van der Waals surface area contributed by atoms with Crippen LogP contribution in [0.15, 0.2) is 4.99 Å². The second-order valence-corrected chi connectivity index (χ2v) is 5.05. The number of nitrogens with two attached hydrogens (primary N) is 2. The van der Waals surface area contributed by atoms with E-state index in [1.165, 1.54) is 7.11 Å². The number of ether oxygens (including phenoxy) is 1. The van der Waals surface area contributed by atoms with Crippen LogP contribution < -0.4 is 16.8 Å². The van der Waals surface area contributed by atoms with Crippen LogP contribution in [-0.2, 0) is 14.3 Å². The van der Waals surface area contributed by atoms with Crippen LogP contribution in [0.4, 0.5) is 0 Å². The molecule has 0 aromatic carbocycles. The Morgan fingerprint density at radius 2 is 2.05 bits per heavy atom. The first kappa shape index (κ1) is 18.2. The average molecular weight is 303 g/mol. The van der Waals surface area contributed by atoms with Crippen LogP contribution in [0.25, 0.3) is 0 Å². The van der Waals surface area contributed by atoms with Crippen molar-refractivity contribution < 1.29 is 14.3 Å². The smallest absolute Gasteiger partial charge is 0.328 e. The summed E-state index contributed by atoms with van der Waals surface area (Å²) in [5.41, 5.74) is 10.2. The van der Waals surface area contributed by atoms with Crippen LogP contribution >= 0.6 is 11.8 Å². The second-order valence-electron chi connectivity index (χ2n) is 4.08. The molecule has 0 aromatic heterocycles. The van der Waals surface area contributed by atoms with Gasteiger partial charge in [0, 0.05) is 0 Å². The predicted molar refractivity (Wildman–Crippen MR) is 79.4 cm³/mol. The van der Waals surface area contributed by atoms with Gasteiger partial charge in [-0.1, -0.05) is 32.0 Å². The lowest BCUT2D eigenvalue weighted by Gasteiger charge is -2.21. The van der Waals surface area contributed by atoms with Gasteiger partial charge in [-0.15, -0.1) is 0 Å². The number of methoxy groups -OCH3 is 1. The molecule has 0 aromatic rings. The minimum atomic E-state index is -0.699. The van der Waals surface area contributed by atoms with E-state index in [0.717, 1.165) is 18.2 Å². The molecule has 114 valence electrons. The SMILES string of the molecule is CCC(C)C(NC(=O)CSC(=N)N=C(N)N)C(=O)OC. The highest BCUT2D eigenvalue weighted by atomic mass is 32.2. The monoisotopic (exact) mass is 303 g/mol. The number of hydrogen-bond acceptors (Lipinski definition) is 5. The van der Waals surface area contributed by atoms with Crippen LogP contribution in [0.1, 0.15) is 20.3 Å². The fraction of sp³-hybridized carbons (Fsp3) is 0.636. The van der Waals surface area contributed by atoms with Gasteiger partial charge in [0.1, 0.15) is 6.04 Å². The Bertz CT molecular complexity index is 396. The van der Waals surface area contributed by atoms with Crippen LogP contribution in [0, 0.1) is 11.3 Å². The van der Waals surface area contributed by atoms with E-state index in [-0.39, 0.29) is 28.7 Å². The molecule has 0 aliphatic rings. The van der Waals surface area contributed by atoms with Crippen LogP contribution in [-0.4, -0.2) is 41.9 Å². The van der Waals surface area contributed by atoms with Crippen molar-refractivity contribution in [3.63, 3.8) is 0 Å². The molecule has 0 rings (SSSR count). The quantitative estimate of drug-likeness (QED) is 0.299. The highest BCUT2D eigenvalue weighted by Crippen LogP contribution is 2.10. The lowest BCUT2D eigenvalue weighted by molar-refractivity contribution is -0.146. The highest BCUT2D eigenvalue weighted by Gasteiger charge is 2.26. The van der Waals surface area contributed by atoms with Gasteiger partial charge in [-0.05, 0) is 5.92 Å². The van der Waals surface area contributed by atoms with Crippen molar-refractivity contribution in [1.82, 2.24) is 5.32 Å². The lowest BCUT2D eigenvalue weighted by atomic mass is 9.99. The minimum Gasteiger partial charge on any atom is -0.467 e. The zero-order chi connectivity index (χ0) is 15.7. The molecular weight excluding hydrogens is 282 g/mol. The Morgan fingerprint density at radius 3 is 2.50 bits per heavy atom. The molecule has 0 saturated carbocycles. The largest absolute Gasteiger partial charge is 0.467 e. The third kappa shape index (κ3) is 6.98. The molecule has 2 unspecified atom stereocenters. The van der Waals surface area contributed by atoms with Gasteiger partial charge in [-0.3, -0.25) is 10.2 Å². The molecule has 0 heterocycles. The van der Waals surface area contributed by atoms with E-state index >= 15 is 0 Å². The number of carbonyl (C=O) groups is 2. The minimum absolute atomic E-state index is 0.0476. The molecular formula is C11H21N5O3S. The average Bonchev–Trinajstić information content (AvgIpc) is 2.40. The number of carbonyl (C=O) groups excluding carboxylic acids is 2. The van der Waals surface area contributed by atoms with Gasteiger partial charge < -0.3 is 21.5 Å². The number of nitrogens with zero attached hydrogens (tertiary/aromatic N) is 1. The molecule has 0 saturated heterocycles. The molecule has 9 heteroatoms. The molecule has 2 atom stereocenters. The Labute approximate surface area is 122 Å². The zero-order valence-electron chi connectivity index (χ0n) is 11.8. The summed E-state index contributed by atoms with van der Waals surface area (Å²) in [6.07, 6.45) is 0.719. The van der Waals surface area contributed by atoms with Crippen molar-refractivity contribution in [1.29, 1.82) is 5.41 Å². The molecule has 0 spiro atoms. The third-order valence-electron chi connectivity index (χ3n) is 2.56. The van der Waals surface area contributed by atoms with E-state index in [4.69, 9.17) is 16.9 Å². The summed E-state index contributed by atoms with van der Waals surface area (Å²) < 4.78 is 4.66. The third-order valence-corrected chi connectivity index (χ3v) is 3.33. The van der Waals surface area contributed by atoms with E-state index in [0.29, 0.717) is 0 Å². The number of hydrogen-bond donors (Lipinski definition) is 4. The van der Waals surface area contributed by atoms with E-state index in [1.54, 1.807) is 0 Å². The van der Waals surface area contributed by atoms with Crippen molar-refractivity contribution in [2.24, 2.45) is 22.4 Å². The maximum absolute atomic E-state index is 11.7. The van der Waals surface area contributed by atoms with Gasteiger partial charge in [-0.25, -0.2) is 4.79 Å². The van der Waals surface area contributed by atoms with Crippen molar-refractivity contribution in [2.75, 3.05) is 12.9 Å². The van der Waals surface area contributed by atoms with Gasteiger partial charge in [-0.2, -0.15) is 4.99 Å². The fourth-order valence-electron chi connectivity index (χ4n) is 1.29. The fourth-order valence-corrected chi connectivity index (χ4v) is 1.82. The maximum atomic E-state index is 11.7. The maximum Gasteiger partial charge on any atom is 0.328 e. The van der Waals surface area contributed by atoms with E-state index in [2.05, 4.69) is 15.0 Å². The summed E-state index contributed by atoms with van der Waals surface area (Å²) >= 11 is 0.865. The number of amides is 1. The summed E-state index contributed by atoms with van der Waals surface area (Å²) in [7, 11) is 1.27. The predicted octanol–water partition coefficient (Wildman–Crippen LogP) is -0.368. The molecule has 6 N–H and O–H groups in total. The van der Waals surface area contributed by atoms with E-state index in [9.17, 15) is 9.59 Å². The molecule has 0 radical (unpaired) electrons. The van der Waals surface area contributed by atoms with E-state index in [1.807, 2.05) is 13.8 Å². The van der Waals surface area contributed by atoms with Crippen molar-refractivity contribution in [2.45, 2.75) is 26.3 Å². The molecule has 0 aliphatic heterocycles. The van der Waals surface area contributed by atoms with E-state index < -0.39 is 12.0 Å².